The van der Waals surface area contributed by atoms with Crippen LogP contribution in [0, 0.1) is 0 Å². The molecule has 1 aromatic heterocycles. The van der Waals surface area contributed by atoms with E-state index in [1.54, 1.807) is 0 Å². The third-order valence-corrected chi connectivity index (χ3v) is 4.88. The van der Waals surface area contributed by atoms with Gasteiger partial charge < -0.3 is 10.1 Å². The second-order valence-corrected chi connectivity index (χ2v) is 6.67. The average Bonchev–Trinajstić information content (AvgIpc) is 3.12. The summed E-state index contributed by atoms with van der Waals surface area (Å²) in [6.45, 7) is 1.99. The number of nitrogens with one attached hydrogen (secondary N) is 1. The predicted octanol–water partition coefficient (Wildman–Crippen LogP) is 2.66. The van der Waals surface area contributed by atoms with Gasteiger partial charge >= 0.3 is 0 Å². The van der Waals surface area contributed by atoms with E-state index in [1.165, 1.54) is 11.3 Å². The zero-order valence-corrected chi connectivity index (χ0v) is 14.1. The quantitative estimate of drug-likeness (QED) is 0.819. The lowest BCUT2D eigenvalue weighted by molar-refractivity contribution is -0.119. The zero-order chi connectivity index (χ0) is 16.8. The molecule has 24 heavy (non-hydrogen) atoms. The van der Waals surface area contributed by atoms with Crippen LogP contribution in [-0.4, -0.2) is 48.9 Å². The second-order valence-electron chi connectivity index (χ2n) is 5.72. The molecule has 1 aliphatic rings. The van der Waals surface area contributed by atoms with Gasteiger partial charge in [-0.2, -0.15) is 0 Å². The lowest BCUT2D eigenvalue weighted by atomic mass is 10.1. The van der Waals surface area contributed by atoms with Crippen LogP contribution in [0.1, 0.15) is 16.1 Å². The van der Waals surface area contributed by atoms with Crippen molar-refractivity contribution in [3.63, 3.8) is 0 Å². The minimum Gasteiger partial charge on any atom is -0.378 e. The van der Waals surface area contributed by atoms with Crippen molar-refractivity contribution in [1.82, 2.24) is 4.90 Å². The van der Waals surface area contributed by atoms with Crippen LogP contribution in [-0.2, 0) is 9.53 Å². The molecule has 1 aliphatic heterocycles. The molecule has 0 saturated carbocycles. The Bertz CT molecular complexity index is 673. The lowest BCUT2D eigenvalue weighted by Crippen LogP contribution is -2.49. The van der Waals surface area contributed by atoms with E-state index in [1.807, 2.05) is 52.7 Å². The predicted molar refractivity (Wildman–Crippen MR) is 94.5 cm³/mol. The van der Waals surface area contributed by atoms with Gasteiger partial charge in [-0.1, -0.05) is 24.3 Å². The summed E-state index contributed by atoms with van der Waals surface area (Å²) in [6.07, 6.45) is 0.374. The Labute approximate surface area is 145 Å². The fourth-order valence-corrected chi connectivity index (χ4v) is 3.42. The van der Waals surface area contributed by atoms with Crippen LogP contribution in [0.15, 0.2) is 47.8 Å². The first kappa shape index (κ1) is 16.8. The van der Waals surface area contributed by atoms with Crippen LogP contribution >= 0.6 is 11.3 Å². The molecule has 1 unspecified atom stereocenters. The Morgan fingerprint density at radius 3 is 2.79 bits per heavy atom. The zero-order valence-electron chi connectivity index (χ0n) is 13.3. The highest BCUT2D eigenvalue weighted by molar-refractivity contribution is 7.12. The number of rotatable bonds is 6. The minimum atomic E-state index is -0.0725. The Kier molecular flexibility index (Phi) is 5.74. The van der Waals surface area contributed by atoms with Gasteiger partial charge in [0.1, 0.15) is 0 Å². The molecule has 3 rings (SSSR count). The topological polar surface area (TPSA) is 58.6 Å². The fraction of sp³-hybridized carbons (Fsp3) is 0.333. The average molecular weight is 344 g/mol. The van der Waals surface area contributed by atoms with Gasteiger partial charge in [-0.15, -0.1) is 11.3 Å². The SMILES string of the molecule is O=C(CN1CCOCC1CC(=O)c1cccs1)Nc1ccccc1. The van der Waals surface area contributed by atoms with Gasteiger partial charge in [0, 0.05) is 24.7 Å². The van der Waals surface area contributed by atoms with Crippen molar-refractivity contribution in [2.24, 2.45) is 0 Å². The largest absolute Gasteiger partial charge is 0.378 e. The van der Waals surface area contributed by atoms with Crippen LogP contribution in [0.25, 0.3) is 0 Å². The van der Waals surface area contributed by atoms with E-state index in [-0.39, 0.29) is 24.3 Å². The maximum absolute atomic E-state index is 12.3. The van der Waals surface area contributed by atoms with Crippen molar-refractivity contribution >= 4 is 28.7 Å². The Balaban J connectivity index is 1.58. The van der Waals surface area contributed by atoms with Gasteiger partial charge in [0.05, 0.1) is 24.6 Å². The molecule has 2 aromatic rings. The van der Waals surface area contributed by atoms with Crippen molar-refractivity contribution < 1.29 is 14.3 Å². The van der Waals surface area contributed by atoms with E-state index in [2.05, 4.69) is 5.32 Å². The van der Waals surface area contributed by atoms with Crippen LogP contribution in [0.4, 0.5) is 5.69 Å². The first-order valence-electron chi connectivity index (χ1n) is 7.96. The van der Waals surface area contributed by atoms with E-state index in [9.17, 15) is 9.59 Å². The van der Waals surface area contributed by atoms with Crippen molar-refractivity contribution in [1.29, 1.82) is 0 Å². The van der Waals surface area contributed by atoms with Gasteiger partial charge in [-0.05, 0) is 23.6 Å². The number of thiophene rings is 1. The van der Waals surface area contributed by atoms with Gasteiger partial charge in [0.2, 0.25) is 5.91 Å². The van der Waals surface area contributed by atoms with Crippen molar-refractivity contribution in [3.8, 4) is 0 Å². The monoisotopic (exact) mass is 344 g/mol. The summed E-state index contributed by atoms with van der Waals surface area (Å²) < 4.78 is 5.51. The Morgan fingerprint density at radius 2 is 2.04 bits per heavy atom. The molecule has 0 bridgehead atoms. The van der Waals surface area contributed by atoms with Gasteiger partial charge in [-0.25, -0.2) is 0 Å². The number of carbonyl (C=O) groups is 2. The molecule has 0 aliphatic carbocycles. The molecule has 2 heterocycles. The summed E-state index contributed by atoms with van der Waals surface area (Å²) in [5.41, 5.74) is 0.780. The van der Waals surface area contributed by atoms with Crippen LogP contribution in [0.2, 0.25) is 0 Å². The standard InChI is InChI=1S/C18H20N2O3S/c21-16(17-7-4-10-24-17)11-15-13-23-9-8-20(15)12-18(22)19-14-5-2-1-3-6-14/h1-7,10,15H,8-9,11-13H2,(H,19,22). The minimum absolute atomic E-state index is 0.0603. The molecular formula is C18H20N2O3S. The normalized spacial score (nSPS) is 18.2. The molecule has 1 saturated heterocycles. The Hall–Kier alpha value is -2.02. The molecule has 1 atom stereocenters. The molecule has 1 amide bonds. The van der Waals surface area contributed by atoms with Gasteiger partial charge in [0.25, 0.3) is 0 Å². The van der Waals surface area contributed by atoms with Gasteiger partial charge in [0.15, 0.2) is 5.78 Å². The third kappa shape index (κ3) is 4.50. The lowest BCUT2D eigenvalue weighted by Gasteiger charge is -2.34. The first-order valence-corrected chi connectivity index (χ1v) is 8.84. The molecule has 1 aromatic carbocycles. The number of hydrogen-bond donors (Lipinski definition) is 1. The summed E-state index contributed by atoms with van der Waals surface area (Å²) in [4.78, 5) is 27.4. The van der Waals surface area contributed by atoms with Crippen LogP contribution in [0.3, 0.4) is 0 Å². The summed E-state index contributed by atoms with van der Waals surface area (Å²) in [5, 5.41) is 4.78. The third-order valence-electron chi connectivity index (χ3n) is 3.97. The molecule has 5 nitrogen and oxygen atoms in total. The van der Waals surface area contributed by atoms with E-state index in [4.69, 9.17) is 4.74 Å². The number of hydrogen-bond acceptors (Lipinski definition) is 5. The van der Waals surface area contributed by atoms with Crippen LogP contribution < -0.4 is 5.32 Å². The number of benzene rings is 1. The molecular weight excluding hydrogens is 324 g/mol. The highest BCUT2D eigenvalue weighted by Crippen LogP contribution is 2.17. The molecule has 0 spiro atoms. The smallest absolute Gasteiger partial charge is 0.238 e. The summed E-state index contributed by atoms with van der Waals surface area (Å²) in [6, 6.07) is 13.0. The van der Waals surface area contributed by atoms with Gasteiger partial charge in [-0.3, -0.25) is 14.5 Å². The van der Waals surface area contributed by atoms with Crippen molar-refractivity contribution in [2.75, 3.05) is 31.6 Å². The molecule has 1 N–H and O–H groups in total. The van der Waals surface area contributed by atoms with Crippen molar-refractivity contribution in [2.45, 2.75) is 12.5 Å². The maximum Gasteiger partial charge on any atom is 0.238 e. The number of ether oxygens (including phenoxy) is 1. The molecule has 1 fully saturated rings. The number of ketones is 1. The Morgan fingerprint density at radius 1 is 1.21 bits per heavy atom. The number of nitrogens with zero attached hydrogens (tertiary/aromatic N) is 1. The summed E-state index contributed by atoms with van der Waals surface area (Å²) in [7, 11) is 0. The number of para-hydroxylation sites is 1. The molecule has 6 heteroatoms. The fourth-order valence-electron chi connectivity index (χ4n) is 2.74. The highest BCUT2D eigenvalue weighted by Gasteiger charge is 2.27. The number of Topliss-reactive ketones (excluding diaryl/α,β-unsaturated/α-hetero) is 1. The van der Waals surface area contributed by atoms with E-state index >= 15 is 0 Å². The van der Waals surface area contributed by atoms with E-state index < -0.39 is 0 Å². The molecule has 126 valence electrons. The van der Waals surface area contributed by atoms with Crippen molar-refractivity contribution in [3.05, 3.63) is 52.7 Å². The first-order chi connectivity index (χ1) is 11.7. The summed E-state index contributed by atoms with van der Waals surface area (Å²) in [5.74, 6) is 0.0330. The number of carbonyl (C=O) groups excluding carboxylic acids is 2. The summed E-state index contributed by atoms with van der Waals surface area (Å²) >= 11 is 1.45. The molecule has 0 radical (unpaired) electrons. The van der Waals surface area contributed by atoms with Crippen LogP contribution in [0.5, 0.6) is 0 Å². The number of anilines is 1. The number of morpholine rings is 1. The number of amides is 1. The maximum atomic E-state index is 12.3. The highest BCUT2D eigenvalue weighted by atomic mass is 32.1. The second kappa shape index (κ2) is 8.19. The van der Waals surface area contributed by atoms with E-state index in [0.717, 1.165) is 10.6 Å². The van der Waals surface area contributed by atoms with E-state index in [0.29, 0.717) is 26.2 Å².